The van der Waals surface area contributed by atoms with E-state index in [0.717, 1.165) is 0 Å². The number of nitrogens with one attached hydrogen (secondary N) is 2. The molecule has 0 saturated carbocycles. The second-order valence-corrected chi connectivity index (χ2v) is 5.67. The molecule has 0 aromatic rings. The second-order valence-electron chi connectivity index (χ2n) is 5.67. The third-order valence-electron chi connectivity index (χ3n) is 2.76. The van der Waals surface area contributed by atoms with Gasteiger partial charge >= 0.3 is 0 Å². The molecular weight excluding hydrogens is 244 g/mol. The van der Waals surface area contributed by atoms with E-state index in [2.05, 4.69) is 10.6 Å². The molecule has 0 aliphatic carbocycles. The average Bonchev–Trinajstić information content (AvgIpc) is 2.32. The second kappa shape index (κ2) is 7.92. The standard InChI is InChI=1S/C14H26N2O3/c1-8(2)12(17)11(16-14(19)10(5)6)7-15-13(18)9(3)4/h8-11H,7H2,1-6H3,(H,15,18)(H,16,19)/t11-/m0/s1. The van der Waals surface area contributed by atoms with Crippen molar-refractivity contribution >= 4 is 17.6 Å². The highest BCUT2D eigenvalue weighted by atomic mass is 16.2. The number of carbonyl (C=O) groups excluding carboxylic acids is 3. The van der Waals surface area contributed by atoms with Crippen LogP contribution in [0, 0.1) is 17.8 Å². The van der Waals surface area contributed by atoms with Crippen molar-refractivity contribution in [3.05, 3.63) is 0 Å². The Bertz CT molecular complexity index is 336. The van der Waals surface area contributed by atoms with Gasteiger partial charge in [-0.15, -0.1) is 0 Å². The summed E-state index contributed by atoms with van der Waals surface area (Å²) in [6.45, 7) is 10.8. The largest absolute Gasteiger partial charge is 0.353 e. The quantitative estimate of drug-likeness (QED) is 0.728. The predicted molar refractivity (Wildman–Crippen MR) is 74.5 cm³/mol. The molecule has 0 heterocycles. The van der Waals surface area contributed by atoms with Crippen LogP contribution >= 0.6 is 0 Å². The molecule has 0 aliphatic heterocycles. The van der Waals surface area contributed by atoms with E-state index in [9.17, 15) is 14.4 Å². The number of hydrogen-bond acceptors (Lipinski definition) is 3. The molecule has 2 N–H and O–H groups in total. The zero-order valence-corrected chi connectivity index (χ0v) is 12.7. The van der Waals surface area contributed by atoms with E-state index in [0.29, 0.717) is 0 Å². The lowest BCUT2D eigenvalue weighted by atomic mass is 10.0. The monoisotopic (exact) mass is 270 g/mol. The predicted octanol–water partition coefficient (Wildman–Crippen LogP) is 1.12. The molecule has 0 spiro atoms. The lowest BCUT2D eigenvalue weighted by Crippen LogP contribution is -2.51. The van der Waals surface area contributed by atoms with Gasteiger partial charge in [-0.1, -0.05) is 41.5 Å². The molecule has 0 aromatic carbocycles. The SMILES string of the molecule is CC(C)C(=O)NC[C@H](NC(=O)C(C)C)C(=O)C(C)C. The van der Waals surface area contributed by atoms with Gasteiger partial charge in [0.2, 0.25) is 11.8 Å². The number of ketones is 1. The first-order valence-corrected chi connectivity index (χ1v) is 6.78. The number of amides is 2. The molecule has 5 heteroatoms. The van der Waals surface area contributed by atoms with Crippen molar-refractivity contribution in [2.75, 3.05) is 6.54 Å². The van der Waals surface area contributed by atoms with Crippen LogP contribution < -0.4 is 10.6 Å². The zero-order chi connectivity index (χ0) is 15.2. The molecule has 0 fully saturated rings. The van der Waals surface area contributed by atoms with Crippen LogP contribution in [0.2, 0.25) is 0 Å². The molecular formula is C14H26N2O3. The van der Waals surface area contributed by atoms with E-state index in [4.69, 9.17) is 0 Å². The third kappa shape index (κ3) is 6.36. The summed E-state index contributed by atoms with van der Waals surface area (Å²) in [7, 11) is 0. The highest BCUT2D eigenvalue weighted by Crippen LogP contribution is 2.02. The van der Waals surface area contributed by atoms with Crippen molar-refractivity contribution in [3.63, 3.8) is 0 Å². The van der Waals surface area contributed by atoms with E-state index in [-0.39, 0.29) is 41.9 Å². The van der Waals surface area contributed by atoms with Gasteiger partial charge in [0.15, 0.2) is 5.78 Å². The molecule has 110 valence electrons. The summed E-state index contributed by atoms with van der Waals surface area (Å²) < 4.78 is 0. The molecule has 0 rings (SSSR count). The van der Waals surface area contributed by atoms with E-state index >= 15 is 0 Å². The molecule has 0 aromatic heterocycles. The third-order valence-corrected chi connectivity index (χ3v) is 2.76. The molecule has 0 aliphatic rings. The number of Topliss-reactive ketones (excluding diaryl/α,β-unsaturated/α-hetero) is 1. The zero-order valence-electron chi connectivity index (χ0n) is 12.7. The normalized spacial score (nSPS) is 12.7. The summed E-state index contributed by atoms with van der Waals surface area (Å²) >= 11 is 0. The topological polar surface area (TPSA) is 75.3 Å². The Labute approximate surface area is 115 Å². The fraction of sp³-hybridized carbons (Fsp3) is 0.786. The summed E-state index contributed by atoms with van der Waals surface area (Å²) in [5, 5.41) is 5.38. The van der Waals surface area contributed by atoms with Gasteiger partial charge in [-0.05, 0) is 0 Å². The first-order chi connectivity index (χ1) is 8.66. The van der Waals surface area contributed by atoms with Crippen molar-refractivity contribution in [1.29, 1.82) is 0 Å². The van der Waals surface area contributed by atoms with Crippen LogP contribution in [0.15, 0.2) is 0 Å². The Morgan fingerprint density at radius 3 is 1.63 bits per heavy atom. The molecule has 5 nitrogen and oxygen atoms in total. The van der Waals surface area contributed by atoms with Gasteiger partial charge in [0, 0.05) is 24.3 Å². The molecule has 0 unspecified atom stereocenters. The summed E-state index contributed by atoms with van der Waals surface area (Å²) in [5.74, 6) is -0.900. The van der Waals surface area contributed by atoms with E-state index in [1.54, 1.807) is 41.5 Å². The van der Waals surface area contributed by atoms with E-state index < -0.39 is 6.04 Å². The van der Waals surface area contributed by atoms with E-state index in [1.165, 1.54) is 0 Å². The summed E-state index contributed by atoms with van der Waals surface area (Å²) in [6, 6.07) is -0.655. The fourth-order valence-electron chi connectivity index (χ4n) is 1.37. The van der Waals surface area contributed by atoms with Crippen molar-refractivity contribution in [3.8, 4) is 0 Å². The smallest absolute Gasteiger partial charge is 0.223 e. The maximum Gasteiger partial charge on any atom is 0.223 e. The van der Waals surface area contributed by atoms with Crippen molar-refractivity contribution in [2.45, 2.75) is 47.6 Å². The van der Waals surface area contributed by atoms with Gasteiger partial charge in [-0.25, -0.2) is 0 Å². The number of carbonyl (C=O) groups is 3. The fourth-order valence-corrected chi connectivity index (χ4v) is 1.37. The average molecular weight is 270 g/mol. The Morgan fingerprint density at radius 1 is 0.789 bits per heavy atom. The van der Waals surface area contributed by atoms with Crippen LogP contribution in [-0.2, 0) is 14.4 Å². The molecule has 0 saturated heterocycles. The van der Waals surface area contributed by atoms with Gasteiger partial charge in [-0.3, -0.25) is 14.4 Å². The minimum Gasteiger partial charge on any atom is -0.353 e. The maximum absolute atomic E-state index is 12.0. The summed E-state index contributed by atoms with van der Waals surface area (Å²) in [4.78, 5) is 35.2. The van der Waals surface area contributed by atoms with Crippen LogP contribution in [0.3, 0.4) is 0 Å². The maximum atomic E-state index is 12.0. The van der Waals surface area contributed by atoms with Crippen LogP contribution in [0.4, 0.5) is 0 Å². The molecule has 2 amide bonds. The Morgan fingerprint density at radius 2 is 1.26 bits per heavy atom. The summed E-state index contributed by atoms with van der Waals surface area (Å²) in [6.07, 6.45) is 0. The van der Waals surface area contributed by atoms with Gasteiger partial charge in [0.05, 0.1) is 0 Å². The highest BCUT2D eigenvalue weighted by Gasteiger charge is 2.24. The highest BCUT2D eigenvalue weighted by molar-refractivity contribution is 5.91. The van der Waals surface area contributed by atoms with Gasteiger partial charge in [-0.2, -0.15) is 0 Å². The van der Waals surface area contributed by atoms with Crippen LogP contribution in [-0.4, -0.2) is 30.2 Å². The molecule has 0 bridgehead atoms. The number of hydrogen-bond donors (Lipinski definition) is 2. The first-order valence-electron chi connectivity index (χ1n) is 6.78. The minimum atomic E-state index is -0.655. The lowest BCUT2D eigenvalue weighted by molar-refractivity contribution is -0.131. The van der Waals surface area contributed by atoms with Crippen molar-refractivity contribution in [1.82, 2.24) is 10.6 Å². The van der Waals surface area contributed by atoms with Crippen LogP contribution in [0.5, 0.6) is 0 Å². The van der Waals surface area contributed by atoms with Gasteiger partial charge in [0.1, 0.15) is 6.04 Å². The summed E-state index contributed by atoms with van der Waals surface area (Å²) in [5.41, 5.74) is 0. The van der Waals surface area contributed by atoms with Gasteiger partial charge < -0.3 is 10.6 Å². The number of rotatable bonds is 7. The Kier molecular flexibility index (Phi) is 7.34. The van der Waals surface area contributed by atoms with Crippen LogP contribution in [0.1, 0.15) is 41.5 Å². The van der Waals surface area contributed by atoms with E-state index in [1.807, 2.05) is 0 Å². The van der Waals surface area contributed by atoms with Crippen molar-refractivity contribution in [2.24, 2.45) is 17.8 Å². The molecule has 0 radical (unpaired) electrons. The van der Waals surface area contributed by atoms with Crippen LogP contribution in [0.25, 0.3) is 0 Å². The Hall–Kier alpha value is -1.39. The first kappa shape index (κ1) is 17.6. The lowest BCUT2D eigenvalue weighted by Gasteiger charge is -2.21. The molecule has 1 atom stereocenters. The van der Waals surface area contributed by atoms with Crippen molar-refractivity contribution < 1.29 is 14.4 Å². The van der Waals surface area contributed by atoms with Gasteiger partial charge in [0.25, 0.3) is 0 Å². The Balaban J connectivity index is 4.64. The molecule has 19 heavy (non-hydrogen) atoms. The minimum absolute atomic E-state index is 0.0712.